The molecule has 1 heterocycles. The van der Waals surface area contributed by atoms with Crippen LogP contribution < -0.4 is 11.5 Å². The Morgan fingerprint density at radius 2 is 2.25 bits per heavy atom. The molecule has 2 rings (SSSR count). The summed E-state index contributed by atoms with van der Waals surface area (Å²) in [6, 6.07) is 5.78. The molecule has 0 aliphatic heterocycles. The quantitative estimate of drug-likeness (QED) is 0.649. The van der Waals surface area contributed by atoms with E-state index in [0.717, 1.165) is 20.9 Å². The van der Waals surface area contributed by atoms with Gasteiger partial charge in [-0.25, -0.2) is 4.98 Å². The molecule has 12 heavy (non-hydrogen) atoms. The molecule has 2 aromatic rings. The van der Waals surface area contributed by atoms with Crippen LogP contribution in [0.4, 0.5) is 5.69 Å². The van der Waals surface area contributed by atoms with Gasteiger partial charge in [0.15, 0.2) is 0 Å². The fraction of sp³-hybridized carbons (Fsp3) is 0.125. The van der Waals surface area contributed by atoms with Crippen LogP contribution in [0.5, 0.6) is 0 Å². The zero-order valence-electron chi connectivity index (χ0n) is 6.45. The van der Waals surface area contributed by atoms with Crippen molar-refractivity contribution in [2.75, 3.05) is 5.73 Å². The van der Waals surface area contributed by atoms with Crippen molar-refractivity contribution in [3.05, 3.63) is 23.2 Å². The molecule has 3 nitrogen and oxygen atoms in total. The molecule has 0 unspecified atom stereocenters. The summed E-state index contributed by atoms with van der Waals surface area (Å²) in [7, 11) is 0. The van der Waals surface area contributed by atoms with Gasteiger partial charge in [-0.3, -0.25) is 0 Å². The second-order valence-corrected chi connectivity index (χ2v) is 3.62. The van der Waals surface area contributed by atoms with Crippen LogP contribution in [0.2, 0.25) is 0 Å². The van der Waals surface area contributed by atoms with Crippen molar-refractivity contribution >= 4 is 27.2 Å². The first-order valence-electron chi connectivity index (χ1n) is 3.65. The normalized spacial score (nSPS) is 10.8. The van der Waals surface area contributed by atoms with E-state index in [-0.39, 0.29) is 0 Å². The summed E-state index contributed by atoms with van der Waals surface area (Å²) in [5.41, 5.74) is 12.8. The first kappa shape index (κ1) is 7.52. The molecule has 4 heteroatoms. The van der Waals surface area contributed by atoms with Crippen LogP contribution in [0.1, 0.15) is 5.01 Å². The third kappa shape index (κ3) is 1.05. The van der Waals surface area contributed by atoms with E-state index in [1.807, 2.05) is 18.2 Å². The van der Waals surface area contributed by atoms with Crippen LogP contribution in [0.25, 0.3) is 10.2 Å². The fourth-order valence-corrected chi connectivity index (χ4v) is 1.98. The molecule has 0 bridgehead atoms. The van der Waals surface area contributed by atoms with Gasteiger partial charge in [-0.05, 0) is 12.1 Å². The molecule has 1 aromatic carbocycles. The molecule has 62 valence electrons. The van der Waals surface area contributed by atoms with Gasteiger partial charge in [0, 0.05) is 6.54 Å². The van der Waals surface area contributed by atoms with Crippen LogP contribution in [-0.2, 0) is 6.54 Å². The zero-order valence-corrected chi connectivity index (χ0v) is 7.27. The van der Waals surface area contributed by atoms with E-state index in [0.29, 0.717) is 6.54 Å². The predicted octanol–water partition coefficient (Wildman–Crippen LogP) is 1.34. The van der Waals surface area contributed by atoms with E-state index in [9.17, 15) is 0 Å². The predicted molar refractivity (Wildman–Crippen MR) is 51.9 cm³/mol. The number of aromatic nitrogens is 1. The van der Waals surface area contributed by atoms with Gasteiger partial charge in [0.1, 0.15) is 10.5 Å². The second-order valence-electron chi connectivity index (χ2n) is 2.51. The Labute approximate surface area is 74.0 Å². The first-order chi connectivity index (χ1) is 5.81. The van der Waals surface area contributed by atoms with E-state index in [4.69, 9.17) is 11.5 Å². The molecule has 0 spiro atoms. The highest BCUT2D eigenvalue weighted by Crippen LogP contribution is 2.25. The maximum atomic E-state index is 5.73. The summed E-state index contributed by atoms with van der Waals surface area (Å²) in [5.74, 6) is 0. The van der Waals surface area contributed by atoms with Crippen molar-refractivity contribution in [2.24, 2.45) is 5.73 Å². The fourth-order valence-electron chi connectivity index (χ4n) is 1.10. The van der Waals surface area contributed by atoms with Gasteiger partial charge in [-0.2, -0.15) is 0 Å². The molecule has 0 atom stereocenters. The number of hydrogen-bond donors (Lipinski definition) is 2. The zero-order chi connectivity index (χ0) is 8.55. The maximum Gasteiger partial charge on any atom is 0.108 e. The highest BCUT2D eigenvalue weighted by Gasteiger charge is 2.03. The lowest BCUT2D eigenvalue weighted by atomic mass is 10.3. The summed E-state index contributed by atoms with van der Waals surface area (Å²) in [5, 5.41) is 0.933. The van der Waals surface area contributed by atoms with Gasteiger partial charge in [-0.1, -0.05) is 6.07 Å². The summed E-state index contributed by atoms with van der Waals surface area (Å²) >= 11 is 1.60. The van der Waals surface area contributed by atoms with Gasteiger partial charge >= 0.3 is 0 Å². The number of thiazole rings is 1. The van der Waals surface area contributed by atoms with E-state index >= 15 is 0 Å². The number of hydrogen-bond acceptors (Lipinski definition) is 4. The van der Waals surface area contributed by atoms with Gasteiger partial charge in [-0.15, -0.1) is 11.3 Å². The van der Waals surface area contributed by atoms with Gasteiger partial charge in [0.25, 0.3) is 0 Å². The Bertz CT molecular complexity index is 408. The number of nitrogens with zero attached hydrogens (tertiary/aromatic N) is 1. The minimum absolute atomic E-state index is 0.485. The van der Waals surface area contributed by atoms with Crippen molar-refractivity contribution in [1.29, 1.82) is 0 Å². The topological polar surface area (TPSA) is 64.9 Å². The lowest BCUT2D eigenvalue weighted by Crippen LogP contribution is -1.94. The smallest absolute Gasteiger partial charge is 0.108 e. The average Bonchev–Trinajstić information content (AvgIpc) is 2.49. The second kappa shape index (κ2) is 2.73. The summed E-state index contributed by atoms with van der Waals surface area (Å²) in [6.45, 7) is 0.485. The minimum atomic E-state index is 0.485. The largest absolute Gasteiger partial charge is 0.397 e. The average molecular weight is 179 g/mol. The molecule has 0 radical (unpaired) electrons. The van der Waals surface area contributed by atoms with Crippen molar-refractivity contribution in [3.63, 3.8) is 0 Å². The molecule has 0 amide bonds. The summed E-state index contributed by atoms with van der Waals surface area (Å²) in [6.07, 6.45) is 0. The Hall–Kier alpha value is -1.13. The van der Waals surface area contributed by atoms with E-state index < -0.39 is 0 Å². The lowest BCUT2D eigenvalue weighted by molar-refractivity contribution is 1.05. The highest BCUT2D eigenvalue weighted by atomic mass is 32.1. The van der Waals surface area contributed by atoms with Gasteiger partial charge < -0.3 is 11.5 Å². The number of rotatable bonds is 1. The van der Waals surface area contributed by atoms with Crippen molar-refractivity contribution in [2.45, 2.75) is 6.54 Å². The standard InChI is InChI=1S/C8H9N3S/c9-4-7-11-8-5(10)2-1-3-6(8)12-7/h1-3H,4,9-10H2. The molecule has 0 fully saturated rings. The van der Waals surface area contributed by atoms with Crippen LogP contribution in [0.3, 0.4) is 0 Å². The maximum absolute atomic E-state index is 5.73. The third-order valence-corrected chi connectivity index (χ3v) is 2.71. The number of para-hydroxylation sites is 1. The molecule has 1 aromatic heterocycles. The Morgan fingerprint density at radius 1 is 1.42 bits per heavy atom. The van der Waals surface area contributed by atoms with E-state index in [1.54, 1.807) is 11.3 Å². The van der Waals surface area contributed by atoms with Crippen LogP contribution >= 0.6 is 11.3 Å². The van der Waals surface area contributed by atoms with Crippen LogP contribution in [0, 0.1) is 0 Å². The molecular weight excluding hydrogens is 170 g/mol. The minimum Gasteiger partial charge on any atom is -0.397 e. The molecule has 0 aliphatic rings. The first-order valence-corrected chi connectivity index (χ1v) is 4.47. The summed E-state index contributed by atoms with van der Waals surface area (Å²) < 4.78 is 1.11. The Balaban J connectivity index is 2.74. The SMILES string of the molecule is NCc1nc2c(N)cccc2s1. The third-order valence-electron chi connectivity index (χ3n) is 1.67. The molecule has 0 saturated carbocycles. The molecule has 4 N–H and O–H groups in total. The molecular formula is C8H9N3S. The number of anilines is 1. The van der Waals surface area contributed by atoms with Crippen molar-refractivity contribution in [3.8, 4) is 0 Å². The van der Waals surface area contributed by atoms with Crippen molar-refractivity contribution < 1.29 is 0 Å². The monoisotopic (exact) mass is 179 g/mol. The van der Waals surface area contributed by atoms with E-state index in [2.05, 4.69) is 4.98 Å². The van der Waals surface area contributed by atoms with Crippen molar-refractivity contribution in [1.82, 2.24) is 4.98 Å². The van der Waals surface area contributed by atoms with E-state index in [1.165, 1.54) is 0 Å². The number of benzene rings is 1. The lowest BCUT2D eigenvalue weighted by Gasteiger charge is -1.90. The highest BCUT2D eigenvalue weighted by molar-refractivity contribution is 7.18. The van der Waals surface area contributed by atoms with Crippen LogP contribution in [0.15, 0.2) is 18.2 Å². The molecule has 0 saturated heterocycles. The Morgan fingerprint density at radius 3 is 2.92 bits per heavy atom. The number of nitrogen functional groups attached to an aromatic ring is 1. The Kier molecular flexibility index (Phi) is 1.71. The number of nitrogens with two attached hydrogens (primary N) is 2. The van der Waals surface area contributed by atoms with Gasteiger partial charge in [0.2, 0.25) is 0 Å². The van der Waals surface area contributed by atoms with Gasteiger partial charge in [0.05, 0.1) is 10.4 Å². The molecule has 0 aliphatic carbocycles. The number of fused-ring (bicyclic) bond motifs is 1. The van der Waals surface area contributed by atoms with Crippen LogP contribution in [-0.4, -0.2) is 4.98 Å². The summed E-state index contributed by atoms with van der Waals surface area (Å²) in [4.78, 5) is 4.30.